The minimum atomic E-state index is -0.832. The van der Waals surface area contributed by atoms with E-state index in [0.29, 0.717) is 12.8 Å². The second-order valence-corrected chi connectivity index (χ2v) is 7.75. The first-order chi connectivity index (χ1) is 12.5. The molecule has 0 heterocycles. The highest BCUT2D eigenvalue weighted by Crippen LogP contribution is 2.30. The Kier molecular flexibility index (Phi) is 16.7. The third kappa shape index (κ3) is 14.1. The van der Waals surface area contributed by atoms with Crippen LogP contribution in [0.5, 0.6) is 0 Å². The second-order valence-electron chi connectivity index (χ2n) is 7.75. The van der Waals surface area contributed by atoms with E-state index in [1.54, 1.807) is 0 Å². The summed E-state index contributed by atoms with van der Waals surface area (Å²) in [6.45, 7) is 4.41. The van der Waals surface area contributed by atoms with Crippen LogP contribution in [0.2, 0.25) is 0 Å². The minimum Gasteiger partial charge on any atom is -0.481 e. The molecule has 2 atom stereocenters. The Morgan fingerprint density at radius 1 is 0.654 bits per heavy atom. The highest BCUT2D eigenvalue weighted by atomic mass is 16.4. The molecule has 0 aliphatic rings. The number of carbonyl (C=O) groups is 2. The fraction of sp³-hybridized carbons (Fsp3) is 0.909. The molecule has 0 aromatic rings. The lowest BCUT2D eigenvalue weighted by molar-refractivity contribution is -0.145. The fourth-order valence-corrected chi connectivity index (χ4v) is 3.78. The van der Waals surface area contributed by atoms with Crippen LogP contribution in [0.1, 0.15) is 117 Å². The molecule has 0 aromatic heterocycles. The lowest BCUT2D eigenvalue weighted by atomic mass is 9.80. The first-order valence-electron chi connectivity index (χ1n) is 11.0. The lowest BCUT2D eigenvalue weighted by Gasteiger charge is -2.24. The molecule has 26 heavy (non-hydrogen) atoms. The van der Waals surface area contributed by atoms with Crippen LogP contribution in [0.25, 0.3) is 0 Å². The lowest BCUT2D eigenvalue weighted by Crippen LogP contribution is -2.24. The molecule has 0 bridgehead atoms. The molecule has 0 rings (SSSR count). The van der Waals surface area contributed by atoms with Gasteiger partial charge in [-0.25, -0.2) is 0 Å². The van der Waals surface area contributed by atoms with Gasteiger partial charge in [-0.1, -0.05) is 84.5 Å². The Hall–Kier alpha value is -1.06. The number of hydrogen-bond acceptors (Lipinski definition) is 2. The Balaban J connectivity index is 4.46. The average molecular weight is 371 g/mol. The number of carboxylic acid groups (broad SMARTS) is 2. The van der Waals surface area contributed by atoms with Gasteiger partial charge in [-0.15, -0.1) is 0 Å². The smallest absolute Gasteiger partial charge is 0.306 e. The Morgan fingerprint density at radius 3 is 1.54 bits per heavy atom. The number of hydrogen-bond donors (Lipinski definition) is 2. The normalized spacial score (nSPS) is 13.5. The number of rotatable bonds is 19. The molecule has 0 radical (unpaired) electrons. The van der Waals surface area contributed by atoms with E-state index in [4.69, 9.17) is 5.11 Å². The molecule has 0 saturated carbocycles. The minimum absolute atomic E-state index is 0.0734. The van der Waals surface area contributed by atoms with E-state index in [2.05, 4.69) is 13.8 Å². The van der Waals surface area contributed by atoms with Gasteiger partial charge in [-0.3, -0.25) is 9.59 Å². The number of unbranched alkanes of at least 4 members (excludes halogenated alkanes) is 9. The van der Waals surface area contributed by atoms with Crippen molar-refractivity contribution in [1.82, 2.24) is 0 Å². The van der Waals surface area contributed by atoms with Gasteiger partial charge < -0.3 is 10.2 Å². The van der Waals surface area contributed by atoms with Crippen molar-refractivity contribution < 1.29 is 19.8 Å². The SMILES string of the molecule is CCCCCCCCC(CCCCCCC)C(CCCC(=O)O)C(=O)O. The molecule has 0 amide bonds. The van der Waals surface area contributed by atoms with Gasteiger partial charge >= 0.3 is 11.9 Å². The molecular formula is C22H42O4. The first-order valence-corrected chi connectivity index (χ1v) is 11.0. The first kappa shape index (κ1) is 24.9. The van der Waals surface area contributed by atoms with Crippen molar-refractivity contribution in [3.05, 3.63) is 0 Å². The van der Waals surface area contributed by atoms with Crippen molar-refractivity contribution in [3.8, 4) is 0 Å². The van der Waals surface area contributed by atoms with Crippen molar-refractivity contribution in [2.24, 2.45) is 11.8 Å². The average Bonchev–Trinajstić information content (AvgIpc) is 2.59. The summed E-state index contributed by atoms with van der Waals surface area (Å²) in [5.74, 6) is -1.74. The zero-order valence-electron chi connectivity index (χ0n) is 17.2. The molecule has 2 unspecified atom stereocenters. The van der Waals surface area contributed by atoms with Crippen LogP contribution in [0.15, 0.2) is 0 Å². The fourth-order valence-electron chi connectivity index (χ4n) is 3.78. The van der Waals surface area contributed by atoms with Crippen LogP contribution in [0.3, 0.4) is 0 Å². The van der Waals surface area contributed by atoms with Crippen molar-refractivity contribution in [2.45, 2.75) is 117 Å². The van der Waals surface area contributed by atoms with Crippen molar-refractivity contribution in [2.75, 3.05) is 0 Å². The summed E-state index contributed by atoms with van der Waals surface area (Å²) in [5.41, 5.74) is 0. The van der Waals surface area contributed by atoms with E-state index in [9.17, 15) is 14.7 Å². The molecular weight excluding hydrogens is 328 g/mol. The van der Waals surface area contributed by atoms with E-state index >= 15 is 0 Å². The van der Waals surface area contributed by atoms with Gasteiger partial charge in [0.1, 0.15) is 0 Å². The third-order valence-electron chi connectivity index (χ3n) is 5.40. The monoisotopic (exact) mass is 370 g/mol. The zero-order valence-corrected chi connectivity index (χ0v) is 17.2. The molecule has 0 fully saturated rings. The third-order valence-corrected chi connectivity index (χ3v) is 5.40. The van der Waals surface area contributed by atoms with Crippen LogP contribution in [-0.2, 0) is 9.59 Å². The van der Waals surface area contributed by atoms with Gasteiger partial charge in [0.15, 0.2) is 0 Å². The Labute approximate surface area is 160 Å². The summed E-state index contributed by atoms with van der Waals surface area (Å²) in [7, 11) is 0. The van der Waals surface area contributed by atoms with Crippen molar-refractivity contribution >= 4 is 11.9 Å². The topological polar surface area (TPSA) is 74.6 Å². The number of aliphatic carboxylic acids is 2. The maximum atomic E-state index is 11.8. The molecule has 0 saturated heterocycles. The standard InChI is InChI=1S/C22H42O4/c1-3-5-7-9-11-13-16-19(15-12-10-8-6-4-2)20(22(25)26)17-14-18-21(23)24/h19-20H,3-18H2,1-2H3,(H,23,24)(H,25,26). The summed E-state index contributed by atoms with van der Waals surface area (Å²) >= 11 is 0. The van der Waals surface area contributed by atoms with Crippen molar-refractivity contribution in [3.63, 3.8) is 0 Å². The molecule has 0 spiro atoms. The van der Waals surface area contributed by atoms with Crippen LogP contribution in [0, 0.1) is 11.8 Å². The van der Waals surface area contributed by atoms with Crippen LogP contribution in [0.4, 0.5) is 0 Å². The van der Waals surface area contributed by atoms with E-state index in [0.717, 1.165) is 25.7 Å². The van der Waals surface area contributed by atoms with Crippen LogP contribution >= 0.6 is 0 Å². The van der Waals surface area contributed by atoms with Gasteiger partial charge in [0.2, 0.25) is 0 Å². The summed E-state index contributed by atoms with van der Waals surface area (Å²) in [5, 5.41) is 18.5. The van der Waals surface area contributed by atoms with Gasteiger partial charge in [0.05, 0.1) is 5.92 Å². The Bertz CT molecular complexity index is 354. The van der Waals surface area contributed by atoms with Crippen LogP contribution < -0.4 is 0 Å². The molecule has 0 aliphatic carbocycles. The zero-order chi connectivity index (χ0) is 19.6. The molecule has 4 nitrogen and oxygen atoms in total. The van der Waals surface area contributed by atoms with E-state index < -0.39 is 11.9 Å². The van der Waals surface area contributed by atoms with E-state index in [1.165, 1.54) is 57.8 Å². The molecule has 0 aliphatic heterocycles. The van der Waals surface area contributed by atoms with Gasteiger partial charge in [0, 0.05) is 6.42 Å². The highest BCUT2D eigenvalue weighted by Gasteiger charge is 2.27. The molecule has 4 heteroatoms. The van der Waals surface area contributed by atoms with Gasteiger partial charge in [0.25, 0.3) is 0 Å². The second kappa shape index (κ2) is 17.4. The number of carboxylic acids is 2. The maximum absolute atomic E-state index is 11.8. The largest absolute Gasteiger partial charge is 0.481 e. The maximum Gasteiger partial charge on any atom is 0.306 e. The van der Waals surface area contributed by atoms with Gasteiger partial charge in [-0.05, 0) is 31.6 Å². The summed E-state index contributed by atoms with van der Waals surface area (Å²) in [6.07, 6.45) is 16.3. The summed E-state index contributed by atoms with van der Waals surface area (Å²) in [4.78, 5) is 22.5. The van der Waals surface area contributed by atoms with E-state index in [-0.39, 0.29) is 18.3 Å². The summed E-state index contributed by atoms with van der Waals surface area (Å²) < 4.78 is 0. The highest BCUT2D eigenvalue weighted by molar-refractivity contribution is 5.70. The van der Waals surface area contributed by atoms with Crippen LogP contribution in [-0.4, -0.2) is 22.2 Å². The Morgan fingerprint density at radius 2 is 1.12 bits per heavy atom. The van der Waals surface area contributed by atoms with E-state index in [1.807, 2.05) is 0 Å². The summed E-state index contributed by atoms with van der Waals surface area (Å²) in [6, 6.07) is 0. The predicted octanol–water partition coefficient (Wildman–Crippen LogP) is 6.67. The van der Waals surface area contributed by atoms with Gasteiger partial charge in [-0.2, -0.15) is 0 Å². The molecule has 154 valence electrons. The molecule has 0 aromatic carbocycles. The van der Waals surface area contributed by atoms with Crippen molar-refractivity contribution in [1.29, 1.82) is 0 Å². The predicted molar refractivity (Wildman–Crippen MR) is 107 cm³/mol. The quantitative estimate of drug-likeness (QED) is 0.249. The molecule has 2 N–H and O–H groups in total.